The van der Waals surface area contributed by atoms with Crippen molar-refractivity contribution in [3.8, 4) is 17.3 Å². The molecule has 6 nitrogen and oxygen atoms in total. The van der Waals surface area contributed by atoms with Crippen molar-refractivity contribution in [2.45, 2.75) is 19.0 Å². The number of carbonyl (C=O) groups is 1. The van der Waals surface area contributed by atoms with Crippen molar-refractivity contribution in [1.29, 1.82) is 5.26 Å². The second-order valence-corrected chi connectivity index (χ2v) is 5.64. The van der Waals surface area contributed by atoms with E-state index in [1.807, 2.05) is 12.1 Å². The van der Waals surface area contributed by atoms with Crippen LogP contribution in [0, 0.1) is 11.3 Å². The van der Waals surface area contributed by atoms with E-state index in [0.29, 0.717) is 5.56 Å². The van der Waals surface area contributed by atoms with Gasteiger partial charge in [-0.05, 0) is 25.6 Å². The molecule has 0 unspecified atom stereocenters. The van der Waals surface area contributed by atoms with Crippen LogP contribution in [0.25, 0.3) is 11.3 Å². The van der Waals surface area contributed by atoms with Gasteiger partial charge in [-0.2, -0.15) is 5.26 Å². The Kier molecular flexibility index (Phi) is 4.98. The molecule has 2 aromatic rings. The van der Waals surface area contributed by atoms with Crippen molar-refractivity contribution < 1.29 is 9.90 Å². The Labute approximate surface area is 136 Å². The van der Waals surface area contributed by atoms with Crippen LogP contribution >= 0.6 is 11.8 Å². The Morgan fingerprint density at radius 3 is 2.48 bits per heavy atom. The van der Waals surface area contributed by atoms with Crippen molar-refractivity contribution in [2.24, 2.45) is 0 Å². The molecule has 0 aliphatic carbocycles. The third kappa shape index (κ3) is 3.67. The van der Waals surface area contributed by atoms with Crippen LogP contribution in [0.1, 0.15) is 19.4 Å². The van der Waals surface area contributed by atoms with Crippen molar-refractivity contribution in [1.82, 2.24) is 9.97 Å². The lowest BCUT2D eigenvalue weighted by Crippen LogP contribution is -2.15. The van der Waals surface area contributed by atoms with E-state index in [0.717, 1.165) is 11.8 Å². The van der Waals surface area contributed by atoms with Gasteiger partial charge in [-0.25, -0.2) is 4.98 Å². The number of aromatic nitrogens is 2. The van der Waals surface area contributed by atoms with E-state index in [-0.39, 0.29) is 32.9 Å². The van der Waals surface area contributed by atoms with Gasteiger partial charge in [-0.3, -0.25) is 9.59 Å². The summed E-state index contributed by atoms with van der Waals surface area (Å²) in [5.74, 6) is -0.501. The zero-order valence-electron chi connectivity index (χ0n) is 12.5. The van der Waals surface area contributed by atoms with Crippen molar-refractivity contribution in [3.63, 3.8) is 0 Å². The lowest BCUT2D eigenvalue weighted by atomic mass is 10.1. The van der Waals surface area contributed by atoms with E-state index in [4.69, 9.17) is 0 Å². The molecule has 0 saturated carbocycles. The maximum absolute atomic E-state index is 12.1. The molecule has 1 aromatic heterocycles. The number of nitriles is 1. The summed E-state index contributed by atoms with van der Waals surface area (Å²) in [6, 6.07) is 10.7. The van der Waals surface area contributed by atoms with Gasteiger partial charge in [0.1, 0.15) is 17.4 Å². The fourth-order valence-electron chi connectivity index (χ4n) is 1.91. The standard InChI is InChI=1S/C16H13N3O3S/c1-9(20)14(10(2)21)23-16-18-13(11-6-4-3-5-7-11)12(8-17)15(22)19-16/h3-7,20H,1-2H3,(H,18,19,22)/b14-9-. The van der Waals surface area contributed by atoms with Crippen LogP contribution in [-0.4, -0.2) is 20.9 Å². The minimum atomic E-state index is -0.595. The molecule has 0 aliphatic heterocycles. The predicted molar refractivity (Wildman–Crippen MR) is 86.9 cm³/mol. The number of ketones is 1. The zero-order chi connectivity index (χ0) is 17.0. The summed E-state index contributed by atoms with van der Waals surface area (Å²) in [5, 5.41) is 18.9. The van der Waals surface area contributed by atoms with Gasteiger partial charge < -0.3 is 10.1 Å². The number of aliphatic hydroxyl groups excluding tert-OH is 1. The number of hydrogen-bond donors (Lipinski definition) is 2. The van der Waals surface area contributed by atoms with Crippen LogP contribution in [0.3, 0.4) is 0 Å². The first-order valence-electron chi connectivity index (χ1n) is 6.62. The van der Waals surface area contributed by atoms with Crippen LogP contribution < -0.4 is 5.56 Å². The molecule has 0 radical (unpaired) electrons. The number of aliphatic hydroxyl groups is 1. The average Bonchev–Trinajstić information content (AvgIpc) is 2.52. The maximum Gasteiger partial charge on any atom is 0.270 e. The molecule has 1 heterocycles. The first-order chi connectivity index (χ1) is 10.9. The molecule has 0 amide bonds. The number of thioether (sulfide) groups is 1. The first-order valence-corrected chi connectivity index (χ1v) is 7.44. The maximum atomic E-state index is 12.1. The molecule has 0 fully saturated rings. The summed E-state index contributed by atoms with van der Waals surface area (Å²) >= 11 is 0.851. The largest absolute Gasteiger partial charge is 0.511 e. The highest BCUT2D eigenvalue weighted by atomic mass is 32.2. The number of rotatable bonds is 4. The van der Waals surface area contributed by atoms with Gasteiger partial charge in [0.15, 0.2) is 10.9 Å². The van der Waals surface area contributed by atoms with Crippen LogP contribution in [0.5, 0.6) is 0 Å². The highest BCUT2D eigenvalue weighted by Gasteiger charge is 2.17. The molecule has 116 valence electrons. The second-order valence-electron chi connectivity index (χ2n) is 4.65. The zero-order valence-corrected chi connectivity index (χ0v) is 13.3. The van der Waals surface area contributed by atoms with Gasteiger partial charge in [-0.15, -0.1) is 0 Å². The van der Waals surface area contributed by atoms with Gasteiger partial charge in [0.25, 0.3) is 5.56 Å². The molecule has 2 N–H and O–H groups in total. The van der Waals surface area contributed by atoms with Crippen LogP contribution in [-0.2, 0) is 4.79 Å². The Hall–Kier alpha value is -2.85. The molecule has 0 bridgehead atoms. The smallest absolute Gasteiger partial charge is 0.270 e. The molecule has 0 saturated heterocycles. The Balaban J connectivity index is 2.60. The minimum absolute atomic E-state index is 0.0804. The normalized spacial score (nSPS) is 11.5. The van der Waals surface area contributed by atoms with Gasteiger partial charge in [-0.1, -0.05) is 30.3 Å². The number of hydrogen-bond acceptors (Lipinski definition) is 6. The van der Waals surface area contributed by atoms with Crippen LogP contribution in [0.2, 0.25) is 0 Å². The molecule has 23 heavy (non-hydrogen) atoms. The van der Waals surface area contributed by atoms with Crippen molar-refractivity contribution in [3.05, 3.63) is 56.9 Å². The van der Waals surface area contributed by atoms with Gasteiger partial charge in [0.2, 0.25) is 0 Å². The number of aromatic amines is 1. The van der Waals surface area contributed by atoms with E-state index in [9.17, 15) is 20.0 Å². The number of allylic oxidation sites excluding steroid dienone is 2. The van der Waals surface area contributed by atoms with Crippen molar-refractivity contribution >= 4 is 17.5 Å². The second kappa shape index (κ2) is 6.94. The number of H-pyrrole nitrogens is 1. The number of benzene rings is 1. The number of nitrogens with zero attached hydrogens (tertiary/aromatic N) is 2. The predicted octanol–water partition coefficient (Wildman–Crippen LogP) is 2.78. The molecule has 0 spiro atoms. The Morgan fingerprint density at radius 2 is 1.96 bits per heavy atom. The molecule has 0 atom stereocenters. The minimum Gasteiger partial charge on any atom is -0.511 e. The van der Waals surface area contributed by atoms with E-state index in [2.05, 4.69) is 9.97 Å². The highest BCUT2D eigenvalue weighted by molar-refractivity contribution is 8.03. The topological polar surface area (TPSA) is 107 Å². The van der Waals surface area contributed by atoms with Gasteiger partial charge in [0.05, 0.1) is 10.6 Å². The summed E-state index contributed by atoms with van der Waals surface area (Å²) in [6.07, 6.45) is 0. The highest BCUT2D eigenvalue weighted by Crippen LogP contribution is 2.28. The van der Waals surface area contributed by atoms with E-state index < -0.39 is 5.56 Å². The summed E-state index contributed by atoms with van der Waals surface area (Å²) < 4.78 is 0. The SMILES string of the molecule is CC(=O)/C(Sc1nc(-c2ccccc2)c(C#N)c(=O)[nH]1)=C(\C)O. The van der Waals surface area contributed by atoms with E-state index in [1.54, 1.807) is 24.3 Å². The third-order valence-corrected chi connectivity index (χ3v) is 4.08. The molecule has 1 aromatic carbocycles. The summed E-state index contributed by atoms with van der Waals surface area (Å²) in [6.45, 7) is 2.69. The number of nitrogens with one attached hydrogen (secondary N) is 1. The van der Waals surface area contributed by atoms with Gasteiger partial charge >= 0.3 is 0 Å². The summed E-state index contributed by atoms with van der Waals surface area (Å²) in [5.41, 5.74) is 0.154. The first kappa shape index (κ1) is 16.5. The summed E-state index contributed by atoms with van der Waals surface area (Å²) in [4.78, 5) is 30.4. The van der Waals surface area contributed by atoms with Crippen LogP contribution in [0.15, 0.2) is 50.9 Å². The monoisotopic (exact) mass is 327 g/mol. The van der Waals surface area contributed by atoms with Crippen molar-refractivity contribution in [2.75, 3.05) is 0 Å². The number of carbonyl (C=O) groups excluding carboxylic acids is 1. The lowest BCUT2D eigenvalue weighted by Gasteiger charge is -2.07. The third-order valence-electron chi connectivity index (χ3n) is 2.90. The Bertz CT molecular complexity index is 876. The Morgan fingerprint density at radius 1 is 1.30 bits per heavy atom. The molecular weight excluding hydrogens is 314 g/mol. The molecule has 2 rings (SSSR count). The average molecular weight is 327 g/mol. The lowest BCUT2D eigenvalue weighted by molar-refractivity contribution is -0.113. The fourth-order valence-corrected chi connectivity index (χ4v) is 2.67. The number of Topliss-reactive ketones (excluding diaryl/α,β-unsaturated/α-hetero) is 1. The summed E-state index contributed by atoms with van der Waals surface area (Å²) in [7, 11) is 0. The quantitative estimate of drug-likeness (QED) is 0.387. The van der Waals surface area contributed by atoms with E-state index >= 15 is 0 Å². The van der Waals surface area contributed by atoms with Crippen LogP contribution in [0.4, 0.5) is 0 Å². The van der Waals surface area contributed by atoms with E-state index in [1.165, 1.54) is 13.8 Å². The fraction of sp³-hybridized carbons (Fsp3) is 0.125. The molecule has 0 aliphatic rings. The molecule has 7 heteroatoms. The molecular formula is C16H13N3O3S. The van der Waals surface area contributed by atoms with Gasteiger partial charge in [0, 0.05) is 5.56 Å².